The highest BCUT2D eigenvalue weighted by atomic mass is 15.2. The first kappa shape index (κ1) is 9.47. The van der Waals surface area contributed by atoms with E-state index in [2.05, 4.69) is 11.8 Å². The Hall–Kier alpha value is -0.0800. The van der Waals surface area contributed by atoms with Gasteiger partial charge in [0.1, 0.15) is 0 Å². The van der Waals surface area contributed by atoms with E-state index >= 15 is 0 Å². The van der Waals surface area contributed by atoms with Crippen molar-refractivity contribution in [2.75, 3.05) is 13.1 Å². The molecule has 0 bridgehead atoms. The van der Waals surface area contributed by atoms with Crippen LogP contribution in [0.3, 0.4) is 0 Å². The normalized spacial score (nSPS) is 41.5. The van der Waals surface area contributed by atoms with Crippen LogP contribution >= 0.6 is 0 Å². The van der Waals surface area contributed by atoms with E-state index in [0.717, 1.165) is 12.0 Å². The van der Waals surface area contributed by atoms with Crippen LogP contribution in [0.5, 0.6) is 0 Å². The predicted octanol–water partition coefficient (Wildman–Crippen LogP) is 1.60. The zero-order chi connectivity index (χ0) is 9.26. The molecule has 2 N–H and O–H groups in total. The van der Waals surface area contributed by atoms with Crippen LogP contribution in [0, 0.1) is 5.92 Å². The molecule has 0 aromatic heterocycles. The molecule has 3 unspecified atom stereocenters. The van der Waals surface area contributed by atoms with Crippen LogP contribution in [0.4, 0.5) is 0 Å². The largest absolute Gasteiger partial charge is 0.326 e. The zero-order valence-corrected chi connectivity index (χ0v) is 8.71. The van der Waals surface area contributed by atoms with Gasteiger partial charge >= 0.3 is 0 Å². The number of rotatable bonds is 2. The van der Waals surface area contributed by atoms with E-state index in [9.17, 15) is 0 Å². The van der Waals surface area contributed by atoms with Gasteiger partial charge in [0.15, 0.2) is 0 Å². The Balaban J connectivity index is 1.88. The SMILES string of the molecule is CCC1CCN(C2CCCC2N)C1. The van der Waals surface area contributed by atoms with Crippen molar-refractivity contribution in [3.05, 3.63) is 0 Å². The monoisotopic (exact) mass is 182 g/mol. The molecule has 0 radical (unpaired) electrons. The Morgan fingerprint density at radius 3 is 2.69 bits per heavy atom. The lowest BCUT2D eigenvalue weighted by molar-refractivity contribution is 0.220. The highest BCUT2D eigenvalue weighted by Gasteiger charge is 2.33. The van der Waals surface area contributed by atoms with Crippen molar-refractivity contribution in [2.45, 2.75) is 51.1 Å². The Kier molecular flexibility index (Phi) is 2.89. The second-order valence-electron chi connectivity index (χ2n) is 4.72. The third-order valence-corrected chi connectivity index (χ3v) is 3.90. The molecule has 1 saturated carbocycles. The summed E-state index contributed by atoms with van der Waals surface area (Å²) >= 11 is 0. The third kappa shape index (κ3) is 1.89. The fourth-order valence-corrected chi connectivity index (χ4v) is 2.92. The lowest BCUT2D eigenvalue weighted by atomic mass is 10.1. The lowest BCUT2D eigenvalue weighted by Gasteiger charge is -2.27. The minimum atomic E-state index is 0.468. The van der Waals surface area contributed by atoms with Crippen molar-refractivity contribution in [1.82, 2.24) is 4.90 Å². The summed E-state index contributed by atoms with van der Waals surface area (Å²) in [7, 11) is 0. The van der Waals surface area contributed by atoms with Gasteiger partial charge in [0.2, 0.25) is 0 Å². The van der Waals surface area contributed by atoms with Crippen molar-refractivity contribution in [3.63, 3.8) is 0 Å². The topological polar surface area (TPSA) is 29.3 Å². The van der Waals surface area contributed by atoms with Crippen LogP contribution in [-0.2, 0) is 0 Å². The highest BCUT2D eigenvalue weighted by Crippen LogP contribution is 2.28. The molecule has 3 atom stereocenters. The summed E-state index contributed by atoms with van der Waals surface area (Å²) in [5.74, 6) is 0.952. The van der Waals surface area contributed by atoms with Crippen LogP contribution in [0.1, 0.15) is 39.0 Å². The highest BCUT2D eigenvalue weighted by molar-refractivity contribution is 4.91. The number of nitrogens with zero attached hydrogens (tertiary/aromatic N) is 1. The Bertz CT molecular complexity index is 169. The van der Waals surface area contributed by atoms with Gasteiger partial charge in [0.25, 0.3) is 0 Å². The Morgan fingerprint density at radius 2 is 2.15 bits per heavy atom. The summed E-state index contributed by atoms with van der Waals surface area (Å²) in [5, 5.41) is 0. The van der Waals surface area contributed by atoms with Gasteiger partial charge in [-0.2, -0.15) is 0 Å². The zero-order valence-electron chi connectivity index (χ0n) is 8.71. The fraction of sp³-hybridized carbons (Fsp3) is 1.00. The predicted molar refractivity (Wildman–Crippen MR) is 55.6 cm³/mol. The van der Waals surface area contributed by atoms with Gasteiger partial charge in [0, 0.05) is 18.6 Å². The van der Waals surface area contributed by atoms with Crippen LogP contribution in [0.15, 0.2) is 0 Å². The first-order valence-corrected chi connectivity index (χ1v) is 5.81. The molecule has 2 rings (SSSR count). The first-order valence-electron chi connectivity index (χ1n) is 5.81. The third-order valence-electron chi connectivity index (χ3n) is 3.90. The van der Waals surface area contributed by atoms with Gasteiger partial charge in [-0.3, -0.25) is 4.90 Å². The fourth-order valence-electron chi connectivity index (χ4n) is 2.92. The molecular weight excluding hydrogens is 160 g/mol. The molecule has 0 amide bonds. The average Bonchev–Trinajstić information content (AvgIpc) is 2.71. The molecule has 2 aliphatic rings. The van der Waals surface area contributed by atoms with E-state index in [1.165, 1.54) is 45.2 Å². The van der Waals surface area contributed by atoms with Gasteiger partial charge in [-0.25, -0.2) is 0 Å². The minimum Gasteiger partial charge on any atom is -0.326 e. The Morgan fingerprint density at radius 1 is 1.31 bits per heavy atom. The van der Waals surface area contributed by atoms with Crippen molar-refractivity contribution in [3.8, 4) is 0 Å². The van der Waals surface area contributed by atoms with Crippen molar-refractivity contribution < 1.29 is 0 Å². The van der Waals surface area contributed by atoms with Gasteiger partial charge < -0.3 is 5.73 Å². The number of nitrogens with two attached hydrogens (primary N) is 1. The molecule has 1 aliphatic heterocycles. The summed E-state index contributed by atoms with van der Waals surface area (Å²) in [4.78, 5) is 2.64. The summed E-state index contributed by atoms with van der Waals surface area (Å²) < 4.78 is 0. The van der Waals surface area contributed by atoms with Crippen molar-refractivity contribution >= 4 is 0 Å². The second-order valence-corrected chi connectivity index (χ2v) is 4.72. The number of hydrogen-bond acceptors (Lipinski definition) is 2. The van der Waals surface area contributed by atoms with E-state index in [4.69, 9.17) is 5.73 Å². The molecule has 0 spiro atoms. The lowest BCUT2D eigenvalue weighted by Crippen LogP contribution is -2.43. The van der Waals surface area contributed by atoms with E-state index < -0.39 is 0 Å². The molecule has 0 aromatic carbocycles. The van der Waals surface area contributed by atoms with E-state index in [1.807, 2.05) is 0 Å². The van der Waals surface area contributed by atoms with Gasteiger partial charge in [-0.05, 0) is 31.7 Å². The molecule has 76 valence electrons. The number of hydrogen-bond donors (Lipinski definition) is 1. The molecule has 2 heteroatoms. The summed E-state index contributed by atoms with van der Waals surface area (Å²) in [5.41, 5.74) is 6.10. The molecule has 1 heterocycles. The molecule has 13 heavy (non-hydrogen) atoms. The molecule has 1 aliphatic carbocycles. The van der Waals surface area contributed by atoms with Gasteiger partial charge in [0.05, 0.1) is 0 Å². The van der Waals surface area contributed by atoms with E-state index in [1.54, 1.807) is 0 Å². The summed E-state index contributed by atoms with van der Waals surface area (Å²) in [6.45, 7) is 4.93. The summed E-state index contributed by atoms with van der Waals surface area (Å²) in [6.07, 6.45) is 6.69. The van der Waals surface area contributed by atoms with Crippen LogP contribution < -0.4 is 5.73 Å². The quantitative estimate of drug-likeness (QED) is 0.703. The molecule has 2 fully saturated rings. The smallest absolute Gasteiger partial charge is 0.0247 e. The maximum absolute atomic E-state index is 6.10. The maximum atomic E-state index is 6.10. The molecule has 0 aromatic rings. The van der Waals surface area contributed by atoms with Crippen LogP contribution in [0.25, 0.3) is 0 Å². The first-order chi connectivity index (χ1) is 6.31. The van der Waals surface area contributed by atoms with Crippen molar-refractivity contribution in [1.29, 1.82) is 0 Å². The molecule has 1 saturated heterocycles. The number of likely N-dealkylation sites (tertiary alicyclic amines) is 1. The van der Waals surface area contributed by atoms with E-state index in [-0.39, 0.29) is 0 Å². The van der Waals surface area contributed by atoms with Crippen molar-refractivity contribution in [2.24, 2.45) is 11.7 Å². The minimum absolute atomic E-state index is 0.468. The second kappa shape index (κ2) is 3.97. The maximum Gasteiger partial charge on any atom is 0.0247 e. The van der Waals surface area contributed by atoms with Crippen LogP contribution in [0.2, 0.25) is 0 Å². The summed E-state index contributed by atoms with van der Waals surface area (Å²) in [6, 6.07) is 1.19. The molecular formula is C11H22N2. The standard InChI is InChI=1S/C11H22N2/c1-2-9-6-7-13(8-9)11-5-3-4-10(11)12/h9-11H,2-8,12H2,1H3. The Labute approximate surface area is 81.5 Å². The van der Waals surface area contributed by atoms with E-state index in [0.29, 0.717) is 6.04 Å². The van der Waals surface area contributed by atoms with Crippen LogP contribution in [-0.4, -0.2) is 30.1 Å². The average molecular weight is 182 g/mol. The van der Waals surface area contributed by atoms with Gasteiger partial charge in [-0.15, -0.1) is 0 Å². The van der Waals surface area contributed by atoms with Gasteiger partial charge in [-0.1, -0.05) is 19.8 Å². The molecule has 2 nitrogen and oxygen atoms in total.